The zero-order chi connectivity index (χ0) is 14.5. The van der Waals surface area contributed by atoms with Crippen molar-refractivity contribution in [3.63, 3.8) is 0 Å². The summed E-state index contributed by atoms with van der Waals surface area (Å²) in [6, 6.07) is 9.85. The molecular weight excluding hydrogens is 300 g/mol. The Morgan fingerprint density at radius 2 is 1.91 bits per heavy atom. The van der Waals surface area contributed by atoms with Crippen molar-refractivity contribution in [3.05, 3.63) is 35.9 Å². The number of rotatable bonds is 2. The molecule has 1 heterocycles. The van der Waals surface area contributed by atoms with Crippen molar-refractivity contribution in [1.82, 2.24) is 10.2 Å². The Labute approximate surface area is 138 Å². The van der Waals surface area contributed by atoms with E-state index in [4.69, 9.17) is 4.74 Å². The maximum Gasteiger partial charge on any atom is 0.410 e. The zero-order valence-corrected chi connectivity index (χ0v) is 13.7. The number of hydrogen-bond acceptors (Lipinski definition) is 3. The Morgan fingerprint density at radius 3 is 2.64 bits per heavy atom. The van der Waals surface area contributed by atoms with E-state index in [1.807, 2.05) is 35.2 Å². The minimum atomic E-state index is -0.176. The van der Waals surface area contributed by atoms with Crippen molar-refractivity contribution in [1.29, 1.82) is 0 Å². The van der Waals surface area contributed by atoms with Crippen molar-refractivity contribution in [3.8, 4) is 0 Å². The molecule has 2 fully saturated rings. The van der Waals surface area contributed by atoms with Crippen LogP contribution in [0.15, 0.2) is 30.3 Å². The topological polar surface area (TPSA) is 41.6 Å². The van der Waals surface area contributed by atoms with Crippen LogP contribution in [0.4, 0.5) is 4.79 Å². The minimum absolute atomic E-state index is 0. The fourth-order valence-corrected chi connectivity index (χ4v) is 3.49. The van der Waals surface area contributed by atoms with Gasteiger partial charge in [0.15, 0.2) is 0 Å². The van der Waals surface area contributed by atoms with Gasteiger partial charge in [0, 0.05) is 25.2 Å². The van der Waals surface area contributed by atoms with Gasteiger partial charge in [-0.15, -0.1) is 12.4 Å². The molecule has 0 radical (unpaired) electrons. The van der Waals surface area contributed by atoms with Crippen LogP contribution < -0.4 is 5.32 Å². The normalized spacial score (nSPS) is 20.3. The van der Waals surface area contributed by atoms with Crippen LogP contribution in [0.2, 0.25) is 0 Å². The maximum absolute atomic E-state index is 12.3. The van der Waals surface area contributed by atoms with Gasteiger partial charge in [-0.1, -0.05) is 49.6 Å². The van der Waals surface area contributed by atoms with Crippen molar-refractivity contribution >= 4 is 18.5 Å². The Bertz CT molecular complexity index is 469. The van der Waals surface area contributed by atoms with Gasteiger partial charge in [-0.2, -0.15) is 0 Å². The van der Waals surface area contributed by atoms with Crippen molar-refractivity contribution in [2.24, 2.45) is 0 Å². The molecule has 22 heavy (non-hydrogen) atoms. The third-order valence-corrected chi connectivity index (χ3v) is 4.65. The van der Waals surface area contributed by atoms with Crippen LogP contribution in [0.1, 0.15) is 37.7 Å². The van der Waals surface area contributed by atoms with Gasteiger partial charge in [-0.25, -0.2) is 4.79 Å². The average molecular weight is 325 g/mol. The summed E-state index contributed by atoms with van der Waals surface area (Å²) >= 11 is 0. The van der Waals surface area contributed by atoms with E-state index in [2.05, 4.69) is 5.32 Å². The van der Waals surface area contributed by atoms with E-state index in [1.165, 1.54) is 32.1 Å². The first kappa shape index (κ1) is 17.1. The molecule has 2 aliphatic rings. The number of carbonyl (C=O) groups is 1. The Balaban J connectivity index is 0.00000176. The van der Waals surface area contributed by atoms with E-state index < -0.39 is 0 Å². The summed E-state index contributed by atoms with van der Waals surface area (Å²) in [6.07, 6.45) is 6.03. The molecule has 5 heteroatoms. The van der Waals surface area contributed by atoms with E-state index in [-0.39, 0.29) is 24.0 Å². The van der Waals surface area contributed by atoms with E-state index >= 15 is 0 Å². The van der Waals surface area contributed by atoms with Crippen molar-refractivity contribution in [2.45, 2.75) is 44.2 Å². The third kappa shape index (κ3) is 4.14. The van der Waals surface area contributed by atoms with E-state index in [1.54, 1.807) is 0 Å². The lowest BCUT2D eigenvalue weighted by molar-refractivity contribution is 0.0584. The molecule has 1 aliphatic heterocycles. The average Bonchev–Trinajstić information content (AvgIpc) is 2.54. The summed E-state index contributed by atoms with van der Waals surface area (Å²) < 4.78 is 5.46. The minimum Gasteiger partial charge on any atom is -0.445 e. The summed E-state index contributed by atoms with van der Waals surface area (Å²) in [6.45, 7) is 2.77. The van der Waals surface area contributed by atoms with Crippen LogP contribution >= 0.6 is 12.4 Å². The van der Waals surface area contributed by atoms with Crippen molar-refractivity contribution < 1.29 is 9.53 Å². The van der Waals surface area contributed by atoms with Crippen molar-refractivity contribution in [2.75, 3.05) is 19.6 Å². The predicted octanol–water partition coefficient (Wildman–Crippen LogP) is 3.35. The predicted molar refractivity (Wildman–Crippen MR) is 89.3 cm³/mol. The molecule has 1 aromatic carbocycles. The number of benzene rings is 1. The molecule has 0 unspecified atom stereocenters. The summed E-state index contributed by atoms with van der Waals surface area (Å²) in [4.78, 5) is 14.2. The Hall–Kier alpha value is -1.26. The number of ether oxygens (including phenoxy) is 1. The fourth-order valence-electron chi connectivity index (χ4n) is 3.49. The number of carbonyl (C=O) groups excluding carboxylic acids is 1. The third-order valence-electron chi connectivity index (χ3n) is 4.65. The molecule has 0 atom stereocenters. The van der Waals surface area contributed by atoms with Gasteiger partial charge >= 0.3 is 6.09 Å². The van der Waals surface area contributed by atoms with Gasteiger partial charge in [-0.3, -0.25) is 0 Å². The van der Waals surface area contributed by atoms with E-state index in [0.29, 0.717) is 6.61 Å². The van der Waals surface area contributed by atoms with Gasteiger partial charge in [0.2, 0.25) is 0 Å². The highest BCUT2D eigenvalue weighted by Gasteiger charge is 2.38. The smallest absolute Gasteiger partial charge is 0.410 e. The lowest BCUT2D eigenvalue weighted by Crippen LogP contribution is -2.62. The first-order chi connectivity index (χ1) is 10.3. The first-order valence-corrected chi connectivity index (χ1v) is 7.98. The number of piperazine rings is 1. The van der Waals surface area contributed by atoms with Crippen LogP contribution in [0.25, 0.3) is 0 Å². The molecule has 1 saturated heterocycles. The van der Waals surface area contributed by atoms with Gasteiger partial charge in [-0.05, 0) is 18.4 Å². The lowest BCUT2D eigenvalue weighted by atomic mass is 9.80. The molecule has 0 bridgehead atoms. The fraction of sp³-hybridized carbons (Fsp3) is 0.588. The number of nitrogens with zero attached hydrogens (tertiary/aromatic N) is 1. The molecule has 1 aromatic rings. The Morgan fingerprint density at radius 1 is 1.18 bits per heavy atom. The molecular formula is C17H25ClN2O2. The number of hydrogen-bond donors (Lipinski definition) is 1. The molecule has 1 spiro atoms. The van der Waals surface area contributed by atoms with Gasteiger partial charge in [0.1, 0.15) is 6.61 Å². The van der Waals surface area contributed by atoms with Crippen LogP contribution in [0.5, 0.6) is 0 Å². The molecule has 1 saturated carbocycles. The largest absolute Gasteiger partial charge is 0.445 e. The molecule has 3 rings (SSSR count). The standard InChI is InChI=1S/C17H24N2O2.ClH/c20-16(21-13-15-7-3-1-4-8-15)19-12-11-18-17(14-19)9-5-2-6-10-17;/h1,3-4,7-8,18H,2,5-6,9-14H2;1H. The Kier molecular flexibility index (Phi) is 6.09. The monoisotopic (exact) mass is 324 g/mol. The highest BCUT2D eigenvalue weighted by molar-refractivity contribution is 5.85. The maximum atomic E-state index is 12.3. The second-order valence-corrected chi connectivity index (χ2v) is 6.23. The second kappa shape index (κ2) is 7.84. The second-order valence-electron chi connectivity index (χ2n) is 6.23. The summed E-state index contributed by atoms with van der Waals surface area (Å²) in [5.41, 5.74) is 1.18. The van der Waals surface area contributed by atoms with Crippen LogP contribution in [-0.2, 0) is 11.3 Å². The first-order valence-electron chi connectivity index (χ1n) is 7.98. The molecule has 0 aromatic heterocycles. The summed E-state index contributed by atoms with van der Waals surface area (Å²) in [7, 11) is 0. The molecule has 4 nitrogen and oxygen atoms in total. The number of halogens is 1. The molecule has 1 amide bonds. The van der Waals surface area contributed by atoms with Crippen LogP contribution in [0, 0.1) is 0 Å². The van der Waals surface area contributed by atoms with Gasteiger partial charge in [0.25, 0.3) is 0 Å². The van der Waals surface area contributed by atoms with Crippen LogP contribution in [-0.4, -0.2) is 36.2 Å². The zero-order valence-electron chi connectivity index (χ0n) is 12.9. The molecule has 1 aliphatic carbocycles. The summed E-state index contributed by atoms with van der Waals surface area (Å²) in [5.74, 6) is 0. The molecule has 1 N–H and O–H groups in total. The number of nitrogens with one attached hydrogen (secondary N) is 1. The number of amides is 1. The quantitative estimate of drug-likeness (QED) is 0.907. The van der Waals surface area contributed by atoms with Gasteiger partial charge < -0.3 is 15.0 Å². The lowest BCUT2D eigenvalue weighted by Gasteiger charge is -2.45. The van der Waals surface area contributed by atoms with E-state index in [9.17, 15) is 4.79 Å². The van der Waals surface area contributed by atoms with Crippen LogP contribution in [0.3, 0.4) is 0 Å². The summed E-state index contributed by atoms with van der Waals surface area (Å²) in [5, 5.41) is 3.64. The van der Waals surface area contributed by atoms with E-state index in [0.717, 1.165) is 25.2 Å². The highest BCUT2D eigenvalue weighted by Crippen LogP contribution is 2.30. The highest BCUT2D eigenvalue weighted by atomic mass is 35.5. The molecule has 122 valence electrons. The SMILES string of the molecule is Cl.O=C(OCc1ccccc1)N1CCNC2(CCCCC2)C1. The van der Waals surface area contributed by atoms with Gasteiger partial charge in [0.05, 0.1) is 0 Å².